The second kappa shape index (κ2) is 3.17. The van der Waals surface area contributed by atoms with Gasteiger partial charge in [-0.05, 0) is 17.7 Å². The van der Waals surface area contributed by atoms with Crippen LogP contribution in [0.15, 0.2) is 24.3 Å². The lowest BCUT2D eigenvalue weighted by Crippen LogP contribution is -1.97. The van der Waals surface area contributed by atoms with Gasteiger partial charge in [0.15, 0.2) is 0 Å². The molecule has 0 aliphatic carbocycles. The van der Waals surface area contributed by atoms with Crippen LogP contribution in [-0.2, 0) is 9.53 Å². The lowest BCUT2D eigenvalue weighted by molar-refractivity contribution is -0.137. The first-order chi connectivity index (χ1) is 6.25. The molecule has 2 rings (SSSR count). The van der Waals surface area contributed by atoms with Gasteiger partial charge >= 0.3 is 5.97 Å². The molecule has 1 aromatic rings. The molecule has 0 N–H and O–H groups in total. The number of hydrogen-bond acceptors (Lipinski definition) is 2. The number of hydrogen-bond donors (Lipinski definition) is 0. The summed E-state index contributed by atoms with van der Waals surface area (Å²) in [6.45, 7) is 0.377. The first-order valence-electron chi connectivity index (χ1n) is 4.17. The summed E-state index contributed by atoms with van der Waals surface area (Å²) in [5, 5.41) is 0. The van der Waals surface area contributed by atoms with E-state index in [1.165, 1.54) is 12.1 Å². The van der Waals surface area contributed by atoms with E-state index >= 15 is 0 Å². The van der Waals surface area contributed by atoms with Crippen LogP contribution >= 0.6 is 0 Å². The van der Waals surface area contributed by atoms with Gasteiger partial charge in [0, 0.05) is 5.92 Å². The zero-order valence-corrected chi connectivity index (χ0v) is 7.00. The quantitative estimate of drug-likeness (QED) is 0.616. The molecule has 0 saturated carbocycles. The second-order valence-electron chi connectivity index (χ2n) is 3.14. The van der Waals surface area contributed by atoms with Crippen LogP contribution in [-0.4, -0.2) is 12.6 Å². The summed E-state index contributed by atoms with van der Waals surface area (Å²) in [5.74, 6) is -0.436. The molecule has 0 spiro atoms. The minimum atomic E-state index is -0.267. The van der Waals surface area contributed by atoms with Gasteiger partial charge < -0.3 is 4.74 Å². The van der Waals surface area contributed by atoms with Crippen molar-refractivity contribution in [2.24, 2.45) is 0 Å². The molecule has 1 heterocycles. The monoisotopic (exact) mass is 180 g/mol. The fourth-order valence-electron chi connectivity index (χ4n) is 1.49. The number of carbonyl (C=O) groups is 1. The lowest BCUT2D eigenvalue weighted by Gasteiger charge is -2.05. The van der Waals surface area contributed by atoms with E-state index in [9.17, 15) is 9.18 Å². The Morgan fingerprint density at radius 2 is 2.31 bits per heavy atom. The van der Waals surface area contributed by atoms with E-state index in [0.29, 0.717) is 13.0 Å². The molecule has 1 aliphatic heterocycles. The number of benzene rings is 1. The lowest BCUT2D eigenvalue weighted by atomic mass is 9.98. The third kappa shape index (κ3) is 1.69. The molecule has 0 bridgehead atoms. The van der Waals surface area contributed by atoms with Gasteiger partial charge in [-0.2, -0.15) is 0 Å². The highest BCUT2D eigenvalue weighted by molar-refractivity contribution is 5.72. The Bertz CT molecular complexity index is 335. The predicted octanol–water partition coefficient (Wildman–Crippen LogP) is 1.86. The number of cyclic esters (lactones) is 1. The maximum Gasteiger partial charge on any atom is 0.306 e. The molecule has 1 fully saturated rings. The third-order valence-corrected chi connectivity index (χ3v) is 2.18. The summed E-state index contributed by atoms with van der Waals surface area (Å²) in [7, 11) is 0. The van der Waals surface area contributed by atoms with Crippen LogP contribution in [0.2, 0.25) is 0 Å². The molecule has 2 nitrogen and oxygen atoms in total. The van der Waals surface area contributed by atoms with E-state index in [4.69, 9.17) is 4.74 Å². The average molecular weight is 180 g/mol. The number of ether oxygens (including phenoxy) is 1. The third-order valence-electron chi connectivity index (χ3n) is 2.18. The summed E-state index contributed by atoms with van der Waals surface area (Å²) in [6, 6.07) is 6.30. The zero-order chi connectivity index (χ0) is 9.26. The molecular weight excluding hydrogens is 171 g/mol. The van der Waals surface area contributed by atoms with Gasteiger partial charge in [0.25, 0.3) is 0 Å². The van der Waals surface area contributed by atoms with Crippen molar-refractivity contribution >= 4 is 5.97 Å². The summed E-state index contributed by atoms with van der Waals surface area (Å²) in [5.41, 5.74) is 0.839. The molecule has 0 aromatic heterocycles. The largest absolute Gasteiger partial charge is 0.465 e. The molecule has 0 amide bonds. The smallest absolute Gasteiger partial charge is 0.306 e. The maximum absolute atomic E-state index is 12.8. The van der Waals surface area contributed by atoms with Crippen molar-refractivity contribution in [1.82, 2.24) is 0 Å². The van der Waals surface area contributed by atoms with Crippen molar-refractivity contribution in [3.63, 3.8) is 0 Å². The predicted molar refractivity (Wildman–Crippen MR) is 44.7 cm³/mol. The average Bonchev–Trinajstić information content (AvgIpc) is 2.52. The fourth-order valence-corrected chi connectivity index (χ4v) is 1.49. The first-order valence-corrected chi connectivity index (χ1v) is 4.17. The van der Waals surface area contributed by atoms with Crippen LogP contribution in [0.1, 0.15) is 17.9 Å². The molecule has 1 atom stereocenters. The van der Waals surface area contributed by atoms with Crippen molar-refractivity contribution in [2.75, 3.05) is 6.61 Å². The Morgan fingerprint density at radius 3 is 2.92 bits per heavy atom. The van der Waals surface area contributed by atoms with Crippen molar-refractivity contribution in [1.29, 1.82) is 0 Å². The minimum absolute atomic E-state index is 0.0307. The molecule has 1 aliphatic rings. The van der Waals surface area contributed by atoms with Gasteiger partial charge in [0.1, 0.15) is 5.82 Å². The van der Waals surface area contributed by atoms with Gasteiger partial charge in [0.2, 0.25) is 0 Å². The van der Waals surface area contributed by atoms with Crippen molar-refractivity contribution in [3.05, 3.63) is 35.6 Å². The highest BCUT2D eigenvalue weighted by Crippen LogP contribution is 2.26. The Kier molecular flexibility index (Phi) is 2.00. The van der Waals surface area contributed by atoms with Crippen molar-refractivity contribution in [3.8, 4) is 0 Å². The van der Waals surface area contributed by atoms with Crippen LogP contribution in [0.4, 0.5) is 4.39 Å². The molecule has 1 unspecified atom stereocenters. The number of rotatable bonds is 1. The van der Waals surface area contributed by atoms with Crippen LogP contribution < -0.4 is 0 Å². The first kappa shape index (κ1) is 8.23. The maximum atomic E-state index is 12.8. The Labute approximate surface area is 75.3 Å². The van der Waals surface area contributed by atoms with Crippen LogP contribution in [0, 0.1) is 5.82 Å². The summed E-state index contributed by atoms with van der Waals surface area (Å²) in [4.78, 5) is 10.8. The van der Waals surface area contributed by atoms with E-state index in [1.54, 1.807) is 6.07 Å². The highest BCUT2D eigenvalue weighted by Gasteiger charge is 2.25. The van der Waals surface area contributed by atoms with Gasteiger partial charge in [-0.3, -0.25) is 4.79 Å². The Morgan fingerprint density at radius 1 is 1.46 bits per heavy atom. The highest BCUT2D eigenvalue weighted by atomic mass is 19.1. The molecule has 68 valence electrons. The number of halogens is 1. The molecular formula is C10H9FO2. The van der Waals surface area contributed by atoms with E-state index in [1.807, 2.05) is 6.07 Å². The van der Waals surface area contributed by atoms with E-state index in [2.05, 4.69) is 0 Å². The second-order valence-corrected chi connectivity index (χ2v) is 3.14. The van der Waals surface area contributed by atoms with Crippen LogP contribution in [0.25, 0.3) is 0 Å². The van der Waals surface area contributed by atoms with E-state index in [-0.39, 0.29) is 17.7 Å². The molecule has 13 heavy (non-hydrogen) atoms. The molecule has 1 aromatic carbocycles. The van der Waals surface area contributed by atoms with E-state index in [0.717, 1.165) is 5.56 Å². The van der Waals surface area contributed by atoms with Gasteiger partial charge in [0.05, 0.1) is 13.0 Å². The topological polar surface area (TPSA) is 26.3 Å². The fraction of sp³-hybridized carbons (Fsp3) is 0.300. The van der Waals surface area contributed by atoms with Crippen molar-refractivity contribution < 1.29 is 13.9 Å². The van der Waals surface area contributed by atoms with Gasteiger partial charge in [-0.15, -0.1) is 0 Å². The van der Waals surface area contributed by atoms with Crippen LogP contribution in [0.5, 0.6) is 0 Å². The minimum Gasteiger partial charge on any atom is -0.465 e. The number of esters is 1. The normalized spacial score (nSPS) is 21.6. The number of carbonyl (C=O) groups excluding carboxylic acids is 1. The van der Waals surface area contributed by atoms with Crippen molar-refractivity contribution in [2.45, 2.75) is 12.3 Å². The van der Waals surface area contributed by atoms with Gasteiger partial charge in [-0.25, -0.2) is 4.39 Å². The molecule has 3 heteroatoms. The zero-order valence-electron chi connectivity index (χ0n) is 7.00. The molecule has 1 saturated heterocycles. The summed E-state index contributed by atoms with van der Waals surface area (Å²) >= 11 is 0. The standard InChI is InChI=1S/C10H9FO2/c11-9-3-1-2-7(4-9)8-5-10(12)13-6-8/h1-4,8H,5-6H2. The summed E-state index contributed by atoms with van der Waals surface area (Å²) in [6.07, 6.45) is 0.365. The van der Waals surface area contributed by atoms with Gasteiger partial charge in [-0.1, -0.05) is 12.1 Å². The SMILES string of the molecule is O=C1CC(c2cccc(F)c2)CO1. The van der Waals surface area contributed by atoms with E-state index < -0.39 is 0 Å². The Balaban J connectivity index is 2.21. The Hall–Kier alpha value is -1.38. The molecule has 0 radical (unpaired) electrons. The summed E-state index contributed by atoms with van der Waals surface area (Å²) < 4.78 is 17.6. The van der Waals surface area contributed by atoms with Crippen LogP contribution in [0.3, 0.4) is 0 Å².